The third-order valence-electron chi connectivity index (χ3n) is 1.47. The van der Waals surface area contributed by atoms with Crippen LogP contribution in [0, 0.1) is 5.92 Å². The number of aliphatic carboxylic acids is 2. The van der Waals surface area contributed by atoms with Gasteiger partial charge in [-0.2, -0.15) is 0 Å². The van der Waals surface area contributed by atoms with Crippen LogP contribution in [0.25, 0.3) is 0 Å². The Hall–Kier alpha value is -1.10. The van der Waals surface area contributed by atoms with Crippen molar-refractivity contribution in [1.82, 2.24) is 5.32 Å². The van der Waals surface area contributed by atoms with Crippen LogP contribution in [0.2, 0.25) is 0 Å². The van der Waals surface area contributed by atoms with E-state index < -0.39 is 23.9 Å². The van der Waals surface area contributed by atoms with Gasteiger partial charge in [-0.05, 0) is 14.0 Å². The standard InChI is InChI=1S/C6H11NO4/c1-3(5(8)9)4(7-2)6(10)11/h3-4,7H,1-2H3,(H,8,9)(H,10,11)/t3-,4-/m0/s1. The molecule has 11 heavy (non-hydrogen) atoms. The van der Waals surface area contributed by atoms with Gasteiger partial charge >= 0.3 is 11.9 Å². The zero-order chi connectivity index (χ0) is 9.02. The molecule has 0 aromatic heterocycles. The van der Waals surface area contributed by atoms with Crippen molar-refractivity contribution >= 4 is 11.9 Å². The van der Waals surface area contributed by atoms with E-state index in [1.165, 1.54) is 14.0 Å². The highest BCUT2D eigenvalue weighted by Crippen LogP contribution is 2.02. The van der Waals surface area contributed by atoms with Crippen LogP contribution in [0.4, 0.5) is 0 Å². The fraction of sp³-hybridized carbons (Fsp3) is 0.667. The van der Waals surface area contributed by atoms with Gasteiger partial charge in [0.1, 0.15) is 6.04 Å². The number of nitrogens with one attached hydrogen (secondary N) is 1. The predicted molar refractivity (Wildman–Crippen MR) is 37.3 cm³/mol. The van der Waals surface area contributed by atoms with Crippen molar-refractivity contribution in [3.05, 3.63) is 0 Å². The first-order valence-corrected chi connectivity index (χ1v) is 3.13. The first-order valence-electron chi connectivity index (χ1n) is 3.13. The van der Waals surface area contributed by atoms with Gasteiger partial charge in [-0.1, -0.05) is 0 Å². The van der Waals surface area contributed by atoms with Gasteiger partial charge in [0, 0.05) is 0 Å². The van der Waals surface area contributed by atoms with Gasteiger partial charge in [0.15, 0.2) is 0 Å². The summed E-state index contributed by atoms with van der Waals surface area (Å²) in [4.78, 5) is 20.7. The first kappa shape index (κ1) is 9.90. The van der Waals surface area contributed by atoms with Gasteiger partial charge < -0.3 is 15.5 Å². The average molecular weight is 161 g/mol. The van der Waals surface area contributed by atoms with Crippen LogP contribution in [0.15, 0.2) is 0 Å². The lowest BCUT2D eigenvalue weighted by Gasteiger charge is -2.14. The normalized spacial score (nSPS) is 15.5. The molecule has 3 N–H and O–H groups in total. The Morgan fingerprint density at radius 1 is 1.27 bits per heavy atom. The Balaban J connectivity index is 4.25. The topological polar surface area (TPSA) is 86.6 Å². The largest absolute Gasteiger partial charge is 0.481 e. The highest BCUT2D eigenvalue weighted by molar-refractivity contribution is 5.82. The highest BCUT2D eigenvalue weighted by atomic mass is 16.4. The summed E-state index contributed by atoms with van der Waals surface area (Å²) in [6, 6.07) is -1.02. The Labute approximate surface area is 64.0 Å². The predicted octanol–water partition coefficient (Wildman–Crippen LogP) is -0.620. The molecule has 0 radical (unpaired) electrons. The van der Waals surface area contributed by atoms with E-state index in [0.29, 0.717) is 0 Å². The lowest BCUT2D eigenvalue weighted by Crippen LogP contribution is -2.42. The summed E-state index contributed by atoms with van der Waals surface area (Å²) in [5, 5.41) is 19.3. The van der Waals surface area contributed by atoms with Crippen molar-refractivity contribution in [2.45, 2.75) is 13.0 Å². The van der Waals surface area contributed by atoms with Crippen molar-refractivity contribution in [3.63, 3.8) is 0 Å². The third-order valence-corrected chi connectivity index (χ3v) is 1.47. The molecule has 0 bridgehead atoms. The SMILES string of the molecule is CN[C@H](C(=O)O)[C@H](C)C(=O)O. The molecule has 0 rings (SSSR count). The summed E-state index contributed by atoms with van der Waals surface area (Å²) < 4.78 is 0. The highest BCUT2D eigenvalue weighted by Gasteiger charge is 2.27. The molecule has 0 aliphatic heterocycles. The van der Waals surface area contributed by atoms with Gasteiger partial charge in [-0.15, -0.1) is 0 Å². The molecule has 0 spiro atoms. The fourth-order valence-corrected chi connectivity index (χ4v) is 0.730. The average Bonchev–Trinajstić information content (AvgIpc) is 1.88. The number of hydrogen-bond acceptors (Lipinski definition) is 3. The van der Waals surface area contributed by atoms with Gasteiger partial charge in [0.2, 0.25) is 0 Å². The van der Waals surface area contributed by atoms with Crippen LogP contribution in [0.3, 0.4) is 0 Å². The zero-order valence-electron chi connectivity index (χ0n) is 6.37. The maximum atomic E-state index is 10.4. The lowest BCUT2D eigenvalue weighted by atomic mass is 10.0. The molecule has 64 valence electrons. The van der Waals surface area contributed by atoms with Crippen molar-refractivity contribution in [3.8, 4) is 0 Å². The van der Waals surface area contributed by atoms with E-state index in [4.69, 9.17) is 10.2 Å². The summed E-state index contributed by atoms with van der Waals surface area (Å²) in [7, 11) is 1.41. The minimum atomic E-state index is -1.15. The lowest BCUT2D eigenvalue weighted by molar-refractivity contribution is -0.150. The molecule has 0 amide bonds. The molecule has 0 heterocycles. The van der Waals surface area contributed by atoms with E-state index in [2.05, 4.69) is 5.32 Å². The maximum absolute atomic E-state index is 10.4. The van der Waals surface area contributed by atoms with Crippen LogP contribution < -0.4 is 5.32 Å². The Kier molecular flexibility index (Phi) is 3.53. The second kappa shape index (κ2) is 3.92. The number of carbonyl (C=O) groups is 2. The number of carboxylic acids is 2. The summed E-state index contributed by atoms with van der Waals surface area (Å²) >= 11 is 0. The molecule has 5 heteroatoms. The summed E-state index contributed by atoms with van der Waals surface area (Å²) in [6.45, 7) is 1.34. The Bertz CT molecular complexity index is 168. The fourth-order valence-electron chi connectivity index (χ4n) is 0.730. The molecule has 0 aliphatic rings. The van der Waals surface area contributed by atoms with Gasteiger partial charge in [-0.25, -0.2) is 0 Å². The van der Waals surface area contributed by atoms with Gasteiger partial charge in [-0.3, -0.25) is 9.59 Å². The van der Waals surface area contributed by atoms with Gasteiger partial charge in [0.25, 0.3) is 0 Å². The van der Waals surface area contributed by atoms with E-state index in [-0.39, 0.29) is 0 Å². The summed E-state index contributed by atoms with van der Waals surface area (Å²) in [5.41, 5.74) is 0. The van der Waals surface area contributed by atoms with Crippen molar-refractivity contribution in [2.75, 3.05) is 7.05 Å². The molecule has 2 atom stereocenters. The molecule has 5 nitrogen and oxygen atoms in total. The summed E-state index contributed by atoms with van der Waals surface area (Å²) in [6.07, 6.45) is 0. The molecular formula is C6H11NO4. The number of likely N-dealkylation sites (N-methyl/N-ethyl adjacent to an activating group) is 1. The van der Waals surface area contributed by atoms with E-state index in [1.807, 2.05) is 0 Å². The van der Waals surface area contributed by atoms with Crippen LogP contribution >= 0.6 is 0 Å². The van der Waals surface area contributed by atoms with Crippen LogP contribution in [0.1, 0.15) is 6.92 Å². The first-order chi connectivity index (χ1) is 5.00. The van der Waals surface area contributed by atoms with Gasteiger partial charge in [0.05, 0.1) is 5.92 Å². The molecule has 0 unspecified atom stereocenters. The number of hydrogen-bond donors (Lipinski definition) is 3. The molecule has 0 saturated heterocycles. The maximum Gasteiger partial charge on any atom is 0.321 e. The smallest absolute Gasteiger partial charge is 0.321 e. The van der Waals surface area contributed by atoms with E-state index in [1.54, 1.807) is 0 Å². The number of rotatable bonds is 4. The Morgan fingerprint density at radius 3 is 1.82 bits per heavy atom. The minimum Gasteiger partial charge on any atom is -0.481 e. The molecule has 0 saturated carbocycles. The second-order valence-electron chi connectivity index (χ2n) is 2.23. The van der Waals surface area contributed by atoms with Crippen molar-refractivity contribution in [1.29, 1.82) is 0 Å². The zero-order valence-corrected chi connectivity index (χ0v) is 6.37. The van der Waals surface area contributed by atoms with E-state index in [0.717, 1.165) is 0 Å². The molecule has 0 fully saturated rings. The van der Waals surface area contributed by atoms with E-state index >= 15 is 0 Å². The molecule has 0 aliphatic carbocycles. The Morgan fingerprint density at radius 2 is 1.73 bits per heavy atom. The molecule has 0 aromatic carbocycles. The van der Waals surface area contributed by atoms with Crippen molar-refractivity contribution in [2.24, 2.45) is 5.92 Å². The second-order valence-corrected chi connectivity index (χ2v) is 2.23. The molecule has 0 aromatic rings. The van der Waals surface area contributed by atoms with Crippen molar-refractivity contribution < 1.29 is 19.8 Å². The number of carboxylic acid groups (broad SMARTS) is 2. The van der Waals surface area contributed by atoms with Crippen LogP contribution in [-0.2, 0) is 9.59 Å². The van der Waals surface area contributed by atoms with Crippen LogP contribution in [-0.4, -0.2) is 35.2 Å². The quantitative estimate of drug-likeness (QED) is 0.511. The monoisotopic (exact) mass is 161 g/mol. The molecular weight excluding hydrogens is 150 g/mol. The van der Waals surface area contributed by atoms with Crippen LogP contribution in [0.5, 0.6) is 0 Å². The third kappa shape index (κ3) is 2.55. The minimum absolute atomic E-state index is 0.919. The van der Waals surface area contributed by atoms with E-state index in [9.17, 15) is 9.59 Å². The summed E-state index contributed by atoms with van der Waals surface area (Å²) in [5.74, 6) is -3.19.